The van der Waals surface area contributed by atoms with Crippen LogP contribution in [0.15, 0.2) is 59.8 Å². The molecule has 31 heavy (non-hydrogen) atoms. The molecule has 0 spiro atoms. The van der Waals surface area contributed by atoms with Gasteiger partial charge in [-0.15, -0.1) is 10.2 Å². The van der Waals surface area contributed by atoms with Crippen LogP contribution in [0.3, 0.4) is 0 Å². The van der Waals surface area contributed by atoms with Gasteiger partial charge in [-0.1, -0.05) is 85.1 Å². The topological polar surface area (TPSA) is 51.0 Å². The van der Waals surface area contributed by atoms with Crippen molar-refractivity contribution in [1.82, 2.24) is 19.7 Å². The molecule has 1 aliphatic carbocycles. The highest BCUT2D eigenvalue weighted by atomic mass is 35.5. The maximum atomic E-state index is 12.8. The van der Waals surface area contributed by atoms with Gasteiger partial charge in [0.1, 0.15) is 0 Å². The van der Waals surface area contributed by atoms with Crippen LogP contribution in [0.25, 0.3) is 11.4 Å². The van der Waals surface area contributed by atoms with E-state index in [1.807, 2.05) is 54.4 Å². The summed E-state index contributed by atoms with van der Waals surface area (Å²) >= 11 is 7.89. The molecule has 0 unspecified atom stereocenters. The number of hydrogen-bond donors (Lipinski definition) is 0. The van der Waals surface area contributed by atoms with Crippen molar-refractivity contribution in [2.75, 3.05) is 12.8 Å². The lowest BCUT2D eigenvalue weighted by Gasteiger charge is -2.31. The SMILES string of the molecule is CN(C(=O)CSc1nnc(-c2ccccc2Cl)n1Cc1ccccc1)C1CCCCC1. The minimum Gasteiger partial charge on any atom is -0.342 e. The highest BCUT2D eigenvalue weighted by Crippen LogP contribution is 2.30. The summed E-state index contributed by atoms with van der Waals surface area (Å²) in [6.45, 7) is 0.614. The van der Waals surface area contributed by atoms with Crippen LogP contribution in [0.5, 0.6) is 0 Å². The maximum Gasteiger partial charge on any atom is 0.233 e. The molecule has 0 atom stereocenters. The zero-order chi connectivity index (χ0) is 21.6. The van der Waals surface area contributed by atoms with Crippen molar-refractivity contribution in [3.05, 3.63) is 65.2 Å². The molecule has 1 amide bonds. The minimum atomic E-state index is 0.144. The third-order valence-corrected chi connectivity index (χ3v) is 7.14. The largest absolute Gasteiger partial charge is 0.342 e. The van der Waals surface area contributed by atoms with Gasteiger partial charge in [0.2, 0.25) is 5.91 Å². The first-order valence-corrected chi connectivity index (χ1v) is 12.1. The second-order valence-electron chi connectivity index (χ2n) is 7.94. The Morgan fingerprint density at radius 2 is 1.77 bits per heavy atom. The Morgan fingerprint density at radius 3 is 2.52 bits per heavy atom. The van der Waals surface area contributed by atoms with Crippen LogP contribution in [0.2, 0.25) is 5.02 Å². The Kier molecular flexibility index (Phi) is 7.30. The Bertz CT molecular complexity index is 1020. The fourth-order valence-electron chi connectivity index (χ4n) is 4.05. The maximum absolute atomic E-state index is 12.8. The van der Waals surface area contributed by atoms with Gasteiger partial charge in [0.15, 0.2) is 11.0 Å². The fraction of sp³-hybridized carbons (Fsp3) is 0.375. The number of rotatable bonds is 7. The van der Waals surface area contributed by atoms with Crippen LogP contribution in [0.4, 0.5) is 0 Å². The van der Waals surface area contributed by atoms with E-state index in [4.69, 9.17) is 11.6 Å². The number of thioether (sulfide) groups is 1. The van der Waals surface area contributed by atoms with Crippen LogP contribution in [-0.2, 0) is 11.3 Å². The Balaban J connectivity index is 1.55. The van der Waals surface area contributed by atoms with Gasteiger partial charge in [-0.25, -0.2) is 0 Å². The lowest BCUT2D eigenvalue weighted by Crippen LogP contribution is -2.39. The number of carbonyl (C=O) groups excluding carboxylic acids is 1. The molecule has 2 aromatic carbocycles. The molecule has 7 heteroatoms. The molecule has 162 valence electrons. The number of benzene rings is 2. The van der Waals surface area contributed by atoms with Crippen LogP contribution < -0.4 is 0 Å². The van der Waals surface area contributed by atoms with E-state index in [1.54, 1.807) is 0 Å². The molecule has 0 saturated heterocycles. The first kappa shape index (κ1) is 21.9. The predicted molar refractivity (Wildman–Crippen MR) is 126 cm³/mol. The zero-order valence-corrected chi connectivity index (χ0v) is 19.3. The highest BCUT2D eigenvalue weighted by Gasteiger charge is 2.23. The summed E-state index contributed by atoms with van der Waals surface area (Å²) in [4.78, 5) is 14.8. The fourth-order valence-corrected chi connectivity index (χ4v) is 5.13. The molecule has 3 aromatic rings. The van der Waals surface area contributed by atoms with Crippen LogP contribution in [0.1, 0.15) is 37.7 Å². The molecule has 1 saturated carbocycles. The number of halogens is 1. The monoisotopic (exact) mass is 454 g/mol. The van der Waals surface area contributed by atoms with Gasteiger partial charge in [-0.05, 0) is 30.5 Å². The van der Waals surface area contributed by atoms with Gasteiger partial charge in [0, 0.05) is 18.7 Å². The average Bonchev–Trinajstić information content (AvgIpc) is 3.20. The summed E-state index contributed by atoms with van der Waals surface area (Å²) < 4.78 is 2.05. The molecule has 0 radical (unpaired) electrons. The molecule has 1 fully saturated rings. The molecule has 1 aromatic heterocycles. The lowest BCUT2D eigenvalue weighted by molar-refractivity contribution is -0.129. The van der Waals surface area contributed by atoms with Gasteiger partial charge in [-0.2, -0.15) is 0 Å². The molecule has 0 bridgehead atoms. The molecule has 1 aliphatic rings. The van der Waals surface area contributed by atoms with E-state index in [9.17, 15) is 4.79 Å². The third kappa shape index (κ3) is 5.31. The quantitative estimate of drug-likeness (QED) is 0.440. The number of amides is 1. The third-order valence-electron chi connectivity index (χ3n) is 5.86. The molecule has 1 heterocycles. The van der Waals surface area contributed by atoms with Gasteiger partial charge in [0.25, 0.3) is 0 Å². The van der Waals surface area contributed by atoms with E-state index in [-0.39, 0.29) is 5.91 Å². The minimum absolute atomic E-state index is 0.144. The first-order valence-electron chi connectivity index (χ1n) is 10.7. The van der Waals surface area contributed by atoms with E-state index in [0.29, 0.717) is 29.2 Å². The predicted octanol–water partition coefficient (Wildman–Crippen LogP) is 5.53. The Morgan fingerprint density at radius 1 is 1.06 bits per heavy atom. The highest BCUT2D eigenvalue weighted by molar-refractivity contribution is 7.99. The lowest BCUT2D eigenvalue weighted by atomic mass is 9.94. The smallest absolute Gasteiger partial charge is 0.233 e. The summed E-state index contributed by atoms with van der Waals surface area (Å²) in [5.74, 6) is 1.21. The summed E-state index contributed by atoms with van der Waals surface area (Å²) in [5, 5.41) is 10.2. The van der Waals surface area contributed by atoms with Gasteiger partial charge in [-0.3, -0.25) is 9.36 Å². The summed E-state index contributed by atoms with van der Waals surface area (Å²) in [6, 6.07) is 18.2. The number of nitrogens with zero attached hydrogens (tertiary/aromatic N) is 4. The van der Waals surface area contributed by atoms with Crippen molar-refractivity contribution in [3.63, 3.8) is 0 Å². The van der Waals surface area contributed by atoms with E-state index < -0.39 is 0 Å². The number of hydrogen-bond acceptors (Lipinski definition) is 4. The van der Waals surface area contributed by atoms with Crippen molar-refractivity contribution in [1.29, 1.82) is 0 Å². The average molecular weight is 455 g/mol. The Hall–Kier alpha value is -2.31. The van der Waals surface area contributed by atoms with Crippen molar-refractivity contribution in [3.8, 4) is 11.4 Å². The summed E-state index contributed by atoms with van der Waals surface area (Å²) in [5.41, 5.74) is 1.98. The van der Waals surface area contributed by atoms with Gasteiger partial charge >= 0.3 is 0 Å². The molecule has 0 N–H and O–H groups in total. The van der Waals surface area contributed by atoms with Crippen LogP contribution in [-0.4, -0.2) is 44.4 Å². The van der Waals surface area contributed by atoms with E-state index >= 15 is 0 Å². The van der Waals surface area contributed by atoms with Crippen LogP contribution >= 0.6 is 23.4 Å². The second-order valence-corrected chi connectivity index (χ2v) is 9.29. The van der Waals surface area contributed by atoms with Gasteiger partial charge in [0.05, 0.1) is 17.3 Å². The zero-order valence-electron chi connectivity index (χ0n) is 17.7. The standard InChI is InChI=1S/C24H27ClN4OS/c1-28(19-12-6-3-7-13-19)22(30)17-31-24-27-26-23(20-14-8-9-15-21(20)25)29(24)16-18-10-4-2-5-11-18/h2,4-5,8-11,14-15,19H,3,6-7,12-13,16-17H2,1H3. The number of carbonyl (C=O) groups is 1. The summed E-state index contributed by atoms with van der Waals surface area (Å²) in [7, 11) is 1.93. The Labute approximate surface area is 192 Å². The van der Waals surface area contributed by atoms with Crippen molar-refractivity contribution in [2.24, 2.45) is 0 Å². The molecule has 5 nitrogen and oxygen atoms in total. The van der Waals surface area contributed by atoms with Crippen molar-refractivity contribution >= 4 is 29.3 Å². The van der Waals surface area contributed by atoms with E-state index in [1.165, 1.54) is 31.0 Å². The number of aromatic nitrogens is 3. The normalized spacial score (nSPS) is 14.5. The van der Waals surface area contributed by atoms with Crippen molar-refractivity contribution in [2.45, 2.75) is 49.8 Å². The second kappa shape index (κ2) is 10.3. The first-order chi connectivity index (χ1) is 15.1. The van der Waals surface area contributed by atoms with Crippen LogP contribution in [0, 0.1) is 0 Å². The summed E-state index contributed by atoms with van der Waals surface area (Å²) in [6.07, 6.45) is 5.91. The van der Waals surface area contributed by atoms with E-state index in [2.05, 4.69) is 26.9 Å². The van der Waals surface area contributed by atoms with Gasteiger partial charge < -0.3 is 4.90 Å². The molecule has 4 rings (SSSR count). The van der Waals surface area contributed by atoms with E-state index in [0.717, 1.165) is 29.1 Å². The molecular formula is C24H27ClN4OS. The molecular weight excluding hydrogens is 428 g/mol. The molecule has 0 aliphatic heterocycles. The van der Waals surface area contributed by atoms with Crippen molar-refractivity contribution < 1.29 is 4.79 Å².